The second kappa shape index (κ2) is 8.53. The Morgan fingerprint density at radius 2 is 1.90 bits per heavy atom. The molecular formula is C23H25N3O3S. The van der Waals surface area contributed by atoms with Crippen molar-refractivity contribution in [1.29, 1.82) is 0 Å². The van der Waals surface area contributed by atoms with Crippen LogP contribution in [0.2, 0.25) is 0 Å². The summed E-state index contributed by atoms with van der Waals surface area (Å²) in [5.41, 5.74) is 2.96. The molecule has 1 atom stereocenters. The maximum Gasteiger partial charge on any atom is 0.226 e. The first-order valence-corrected chi connectivity index (χ1v) is 11.9. The number of piperidine rings is 1. The third-order valence-electron chi connectivity index (χ3n) is 5.45. The zero-order valence-electron chi connectivity index (χ0n) is 16.9. The Morgan fingerprint density at radius 3 is 2.67 bits per heavy atom. The van der Waals surface area contributed by atoms with Crippen molar-refractivity contribution in [1.82, 2.24) is 14.6 Å². The summed E-state index contributed by atoms with van der Waals surface area (Å²) in [7, 11) is -3.24. The fourth-order valence-electron chi connectivity index (χ4n) is 3.90. The molecule has 7 heteroatoms. The zero-order chi connectivity index (χ0) is 21.1. The Hall–Kier alpha value is -2.77. The van der Waals surface area contributed by atoms with Crippen molar-refractivity contribution in [2.45, 2.75) is 25.3 Å². The van der Waals surface area contributed by atoms with E-state index in [1.54, 1.807) is 6.20 Å². The molecule has 2 aromatic carbocycles. The molecule has 6 nitrogen and oxygen atoms in total. The highest BCUT2D eigenvalue weighted by atomic mass is 32.2. The molecule has 1 aliphatic rings. The summed E-state index contributed by atoms with van der Waals surface area (Å²) in [4.78, 5) is 17.0. The van der Waals surface area contributed by atoms with Gasteiger partial charge in [-0.3, -0.25) is 9.78 Å². The van der Waals surface area contributed by atoms with E-state index in [9.17, 15) is 13.2 Å². The molecule has 1 saturated heterocycles. The molecule has 2 heterocycles. The second-order valence-corrected chi connectivity index (χ2v) is 9.79. The smallest absolute Gasteiger partial charge is 0.226 e. The summed E-state index contributed by atoms with van der Waals surface area (Å²) < 4.78 is 25.0. The maximum atomic E-state index is 12.5. The number of aromatic nitrogens is 1. The topological polar surface area (TPSA) is 79.4 Å². The standard InChI is InChI=1S/C23H25N3O3S/c1-30(28,29)26-11-5-8-21(16-26)25-23(27)14-22-13-20-12-18(9-10-19(20)15-24-22)17-6-3-2-4-7-17/h2-4,6-7,9-10,12-13,15,21H,5,8,11,14,16H2,1H3,(H,25,27)/t21-/m1/s1. The van der Waals surface area contributed by atoms with Crippen LogP contribution in [0.4, 0.5) is 0 Å². The summed E-state index contributed by atoms with van der Waals surface area (Å²) in [6.45, 7) is 0.845. The van der Waals surface area contributed by atoms with Crippen molar-refractivity contribution in [2.24, 2.45) is 0 Å². The number of nitrogens with one attached hydrogen (secondary N) is 1. The normalized spacial score (nSPS) is 17.7. The number of amides is 1. The van der Waals surface area contributed by atoms with Gasteiger partial charge in [-0.2, -0.15) is 0 Å². The van der Waals surface area contributed by atoms with Crippen molar-refractivity contribution in [3.05, 3.63) is 66.5 Å². The SMILES string of the molecule is CS(=O)(=O)N1CCC[C@@H](NC(=O)Cc2cc3cc(-c4ccccc4)ccc3cn2)C1. The summed E-state index contributed by atoms with van der Waals surface area (Å²) in [5, 5.41) is 5.03. The number of carbonyl (C=O) groups is 1. The van der Waals surface area contributed by atoms with Crippen molar-refractivity contribution < 1.29 is 13.2 Å². The van der Waals surface area contributed by atoms with Crippen molar-refractivity contribution >= 4 is 26.7 Å². The molecule has 0 bridgehead atoms. The summed E-state index contributed by atoms with van der Waals surface area (Å²) in [5.74, 6) is -0.138. The Kier molecular flexibility index (Phi) is 5.83. The molecule has 0 spiro atoms. The van der Waals surface area contributed by atoms with Crippen molar-refractivity contribution in [2.75, 3.05) is 19.3 Å². The van der Waals surface area contributed by atoms with E-state index in [0.29, 0.717) is 18.8 Å². The second-order valence-electron chi connectivity index (χ2n) is 7.81. The lowest BCUT2D eigenvalue weighted by Gasteiger charge is -2.31. The van der Waals surface area contributed by atoms with Gasteiger partial charge in [0.05, 0.1) is 18.4 Å². The maximum absolute atomic E-state index is 12.5. The van der Waals surface area contributed by atoms with Gasteiger partial charge in [0.25, 0.3) is 0 Å². The minimum Gasteiger partial charge on any atom is -0.352 e. The van der Waals surface area contributed by atoms with Crippen LogP contribution in [-0.4, -0.2) is 49.0 Å². The van der Waals surface area contributed by atoms with Crippen LogP contribution in [0.3, 0.4) is 0 Å². The number of nitrogens with zero attached hydrogens (tertiary/aromatic N) is 2. The summed E-state index contributed by atoms with van der Waals surface area (Å²) in [6.07, 6.45) is 4.69. The van der Waals surface area contributed by atoms with Gasteiger partial charge in [-0.15, -0.1) is 0 Å². The summed E-state index contributed by atoms with van der Waals surface area (Å²) in [6, 6.07) is 18.2. The number of sulfonamides is 1. The molecule has 156 valence electrons. The fraction of sp³-hybridized carbons (Fsp3) is 0.304. The van der Waals surface area contributed by atoms with E-state index in [-0.39, 0.29) is 18.4 Å². The Bertz CT molecular complexity index is 1160. The number of hydrogen-bond acceptors (Lipinski definition) is 4. The van der Waals surface area contributed by atoms with E-state index in [1.165, 1.54) is 10.6 Å². The van der Waals surface area contributed by atoms with Crippen LogP contribution in [0.25, 0.3) is 21.9 Å². The third kappa shape index (κ3) is 4.86. The van der Waals surface area contributed by atoms with Crippen LogP contribution in [0.15, 0.2) is 60.8 Å². The zero-order valence-corrected chi connectivity index (χ0v) is 17.7. The van der Waals surface area contributed by atoms with Crippen LogP contribution in [0.5, 0.6) is 0 Å². The van der Waals surface area contributed by atoms with E-state index in [2.05, 4.69) is 34.6 Å². The lowest BCUT2D eigenvalue weighted by molar-refractivity contribution is -0.121. The minimum atomic E-state index is -3.24. The molecule has 1 aliphatic heterocycles. The molecule has 1 aromatic heterocycles. The number of hydrogen-bond donors (Lipinski definition) is 1. The molecule has 1 fully saturated rings. The predicted octanol–water partition coefficient (Wildman–Crippen LogP) is 2.98. The van der Waals surface area contributed by atoms with Gasteiger partial charge >= 0.3 is 0 Å². The summed E-state index contributed by atoms with van der Waals surface area (Å²) >= 11 is 0. The van der Waals surface area contributed by atoms with Crippen molar-refractivity contribution in [3.63, 3.8) is 0 Å². The first-order chi connectivity index (χ1) is 14.4. The number of rotatable bonds is 5. The lowest BCUT2D eigenvalue weighted by atomic mass is 10.0. The largest absolute Gasteiger partial charge is 0.352 e. The molecule has 3 aromatic rings. The molecule has 30 heavy (non-hydrogen) atoms. The number of benzene rings is 2. The first kappa shape index (κ1) is 20.5. The van der Waals surface area contributed by atoms with Crippen LogP contribution in [0.1, 0.15) is 18.5 Å². The number of carbonyl (C=O) groups excluding carboxylic acids is 1. The molecule has 1 N–H and O–H groups in total. The van der Waals surface area contributed by atoms with Crippen LogP contribution < -0.4 is 5.32 Å². The van der Waals surface area contributed by atoms with E-state index in [0.717, 1.165) is 34.7 Å². The Balaban J connectivity index is 1.46. The average molecular weight is 424 g/mol. The van der Waals surface area contributed by atoms with Gasteiger partial charge in [-0.05, 0) is 41.5 Å². The molecule has 0 aliphatic carbocycles. The molecule has 0 radical (unpaired) electrons. The van der Waals surface area contributed by atoms with Crippen molar-refractivity contribution in [3.8, 4) is 11.1 Å². The molecule has 1 amide bonds. The fourth-order valence-corrected chi connectivity index (χ4v) is 4.81. The first-order valence-electron chi connectivity index (χ1n) is 10.1. The molecule has 0 saturated carbocycles. The van der Waals surface area contributed by atoms with Gasteiger partial charge in [0.15, 0.2) is 0 Å². The molecule has 0 unspecified atom stereocenters. The highest BCUT2D eigenvalue weighted by Crippen LogP contribution is 2.24. The lowest BCUT2D eigenvalue weighted by Crippen LogP contribution is -2.49. The van der Waals surface area contributed by atoms with E-state index in [4.69, 9.17) is 0 Å². The monoisotopic (exact) mass is 423 g/mol. The Labute approximate surface area is 177 Å². The van der Waals surface area contributed by atoms with Gasteiger partial charge in [-0.25, -0.2) is 12.7 Å². The molecular weight excluding hydrogens is 398 g/mol. The quantitative estimate of drug-likeness (QED) is 0.684. The van der Waals surface area contributed by atoms with Gasteiger partial charge < -0.3 is 5.32 Å². The Morgan fingerprint density at radius 1 is 1.10 bits per heavy atom. The van der Waals surface area contributed by atoms with Crippen LogP contribution in [0, 0.1) is 0 Å². The highest BCUT2D eigenvalue weighted by molar-refractivity contribution is 7.88. The predicted molar refractivity (Wildman–Crippen MR) is 118 cm³/mol. The third-order valence-corrected chi connectivity index (χ3v) is 6.72. The number of fused-ring (bicyclic) bond motifs is 1. The van der Waals surface area contributed by atoms with E-state index in [1.807, 2.05) is 30.3 Å². The van der Waals surface area contributed by atoms with E-state index < -0.39 is 10.0 Å². The average Bonchev–Trinajstić information content (AvgIpc) is 2.73. The van der Waals surface area contributed by atoms with Crippen LogP contribution in [-0.2, 0) is 21.2 Å². The number of pyridine rings is 1. The van der Waals surface area contributed by atoms with Gasteiger partial charge in [0, 0.05) is 30.7 Å². The van der Waals surface area contributed by atoms with Gasteiger partial charge in [0.2, 0.25) is 15.9 Å². The minimum absolute atomic E-state index is 0.138. The molecule has 4 rings (SSSR count). The highest BCUT2D eigenvalue weighted by Gasteiger charge is 2.26. The van der Waals surface area contributed by atoms with E-state index >= 15 is 0 Å². The van der Waals surface area contributed by atoms with Gasteiger partial charge in [-0.1, -0.05) is 42.5 Å². The van der Waals surface area contributed by atoms with Gasteiger partial charge in [0.1, 0.15) is 0 Å². The van der Waals surface area contributed by atoms with Crippen LogP contribution >= 0.6 is 0 Å².